The van der Waals surface area contributed by atoms with Crippen molar-refractivity contribution in [3.8, 4) is 0 Å². The first-order chi connectivity index (χ1) is 5.70. The number of hydrogen-bond donors (Lipinski definition) is 1. The minimum atomic E-state index is 0.0590. The van der Waals surface area contributed by atoms with Crippen LogP contribution in [-0.4, -0.2) is 4.98 Å². The van der Waals surface area contributed by atoms with Crippen LogP contribution in [-0.2, 0) is 6.42 Å². The van der Waals surface area contributed by atoms with Crippen molar-refractivity contribution in [2.45, 2.75) is 20.3 Å². The first kappa shape index (κ1) is 7.35. The molecule has 1 N–H and O–H groups in total. The average molecular weight is 161 g/mol. The molecule has 1 heterocycles. The molecule has 0 saturated heterocycles. The van der Waals surface area contributed by atoms with E-state index in [-0.39, 0.29) is 5.56 Å². The van der Waals surface area contributed by atoms with Gasteiger partial charge < -0.3 is 4.98 Å². The number of pyridine rings is 1. The minimum absolute atomic E-state index is 0.0590. The fraction of sp³-hybridized carbons (Fsp3) is 0.300. The normalized spacial score (nSPS) is 15.2. The Morgan fingerprint density at radius 1 is 1.42 bits per heavy atom. The molecule has 1 aromatic rings. The standard InChI is InChI=1S/C10H11NO/c1-6-5-9-8(7(6)2)3-4-11-10(9)12/h3-4H,5H2,1-2H3,(H,11,12). The van der Waals surface area contributed by atoms with Gasteiger partial charge in [0.1, 0.15) is 0 Å². The van der Waals surface area contributed by atoms with E-state index in [9.17, 15) is 4.79 Å². The van der Waals surface area contributed by atoms with Gasteiger partial charge in [0.25, 0.3) is 5.56 Å². The Hall–Kier alpha value is -1.31. The Balaban J connectivity index is 2.72. The molecule has 1 aliphatic rings. The van der Waals surface area contributed by atoms with Crippen LogP contribution in [0.25, 0.3) is 5.57 Å². The molecule has 0 spiro atoms. The molecule has 2 nitrogen and oxygen atoms in total. The maximum atomic E-state index is 11.3. The predicted octanol–water partition coefficient (Wildman–Crippen LogP) is 1.72. The van der Waals surface area contributed by atoms with Crippen molar-refractivity contribution in [3.63, 3.8) is 0 Å². The van der Waals surface area contributed by atoms with Gasteiger partial charge in [0.05, 0.1) is 0 Å². The van der Waals surface area contributed by atoms with Crippen LogP contribution in [0.5, 0.6) is 0 Å². The highest BCUT2D eigenvalue weighted by Gasteiger charge is 2.17. The molecule has 0 fully saturated rings. The molecule has 2 rings (SSSR count). The summed E-state index contributed by atoms with van der Waals surface area (Å²) >= 11 is 0. The van der Waals surface area contributed by atoms with Crippen molar-refractivity contribution >= 4 is 5.57 Å². The quantitative estimate of drug-likeness (QED) is 0.617. The van der Waals surface area contributed by atoms with Crippen LogP contribution in [0.3, 0.4) is 0 Å². The number of H-pyrrole nitrogens is 1. The molecule has 1 aromatic heterocycles. The Morgan fingerprint density at radius 3 is 2.83 bits per heavy atom. The monoisotopic (exact) mass is 161 g/mol. The topological polar surface area (TPSA) is 32.9 Å². The Labute approximate surface area is 70.9 Å². The van der Waals surface area contributed by atoms with E-state index < -0.39 is 0 Å². The van der Waals surface area contributed by atoms with E-state index in [0.717, 1.165) is 17.5 Å². The number of fused-ring (bicyclic) bond motifs is 1. The van der Waals surface area contributed by atoms with E-state index in [1.165, 1.54) is 11.1 Å². The molecule has 0 saturated carbocycles. The van der Waals surface area contributed by atoms with Crippen molar-refractivity contribution < 1.29 is 0 Å². The van der Waals surface area contributed by atoms with Gasteiger partial charge >= 0.3 is 0 Å². The first-order valence-electron chi connectivity index (χ1n) is 4.07. The molecule has 2 heteroatoms. The van der Waals surface area contributed by atoms with Crippen LogP contribution in [0.1, 0.15) is 25.0 Å². The molecule has 62 valence electrons. The van der Waals surface area contributed by atoms with Gasteiger partial charge in [0.15, 0.2) is 0 Å². The van der Waals surface area contributed by atoms with Crippen LogP contribution in [0.2, 0.25) is 0 Å². The molecule has 0 amide bonds. The highest BCUT2D eigenvalue weighted by molar-refractivity contribution is 5.73. The molecule has 0 radical (unpaired) electrons. The van der Waals surface area contributed by atoms with Crippen molar-refractivity contribution in [1.82, 2.24) is 4.98 Å². The molecule has 0 aliphatic heterocycles. The van der Waals surface area contributed by atoms with E-state index in [4.69, 9.17) is 0 Å². The van der Waals surface area contributed by atoms with Gasteiger partial charge in [-0.2, -0.15) is 0 Å². The zero-order chi connectivity index (χ0) is 8.72. The zero-order valence-corrected chi connectivity index (χ0v) is 7.27. The fourth-order valence-electron chi connectivity index (χ4n) is 1.67. The Kier molecular flexibility index (Phi) is 1.43. The van der Waals surface area contributed by atoms with Crippen molar-refractivity contribution in [3.05, 3.63) is 39.3 Å². The molecular formula is C10H11NO. The van der Waals surface area contributed by atoms with E-state index >= 15 is 0 Å². The summed E-state index contributed by atoms with van der Waals surface area (Å²) in [6.07, 6.45) is 2.53. The van der Waals surface area contributed by atoms with Gasteiger partial charge in [0.2, 0.25) is 0 Å². The number of aromatic nitrogens is 1. The maximum absolute atomic E-state index is 11.3. The van der Waals surface area contributed by atoms with Crippen molar-refractivity contribution in [2.75, 3.05) is 0 Å². The van der Waals surface area contributed by atoms with E-state index in [2.05, 4.69) is 18.8 Å². The van der Waals surface area contributed by atoms with Gasteiger partial charge in [-0.25, -0.2) is 0 Å². The first-order valence-corrected chi connectivity index (χ1v) is 4.07. The Bertz CT molecular complexity index is 412. The smallest absolute Gasteiger partial charge is 0.252 e. The summed E-state index contributed by atoms with van der Waals surface area (Å²) in [5.74, 6) is 0. The predicted molar refractivity (Wildman–Crippen MR) is 49.0 cm³/mol. The van der Waals surface area contributed by atoms with Gasteiger partial charge in [-0.05, 0) is 37.5 Å². The number of hydrogen-bond acceptors (Lipinski definition) is 1. The lowest BCUT2D eigenvalue weighted by atomic mass is 10.1. The van der Waals surface area contributed by atoms with Crippen LogP contribution in [0, 0.1) is 0 Å². The summed E-state index contributed by atoms with van der Waals surface area (Å²) in [4.78, 5) is 14.0. The summed E-state index contributed by atoms with van der Waals surface area (Å²) in [5, 5.41) is 0. The summed E-state index contributed by atoms with van der Waals surface area (Å²) in [6, 6.07) is 1.97. The molecule has 0 unspecified atom stereocenters. The third kappa shape index (κ3) is 0.843. The SMILES string of the molecule is CC1=C(C)c2cc[nH]c(=O)c2C1. The van der Waals surface area contributed by atoms with Gasteiger partial charge in [0, 0.05) is 11.8 Å². The second-order valence-corrected chi connectivity index (χ2v) is 3.28. The van der Waals surface area contributed by atoms with Crippen LogP contribution in [0.4, 0.5) is 0 Å². The third-order valence-electron chi connectivity index (χ3n) is 2.55. The molecule has 12 heavy (non-hydrogen) atoms. The Morgan fingerprint density at radius 2 is 2.17 bits per heavy atom. The lowest BCUT2D eigenvalue weighted by Gasteiger charge is -1.97. The maximum Gasteiger partial charge on any atom is 0.252 e. The number of rotatable bonds is 0. The molecule has 0 atom stereocenters. The van der Waals surface area contributed by atoms with Crippen LogP contribution >= 0.6 is 0 Å². The van der Waals surface area contributed by atoms with E-state index in [1.54, 1.807) is 6.20 Å². The summed E-state index contributed by atoms with van der Waals surface area (Å²) in [7, 11) is 0. The van der Waals surface area contributed by atoms with Gasteiger partial charge in [-0.1, -0.05) is 5.57 Å². The van der Waals surface area contributed by atoms with Crippen LogP contribution < -0.4 is 5.56 Å². The second-order valence-electron chi connectivity index (χ2n) is 3.28. The lowest BCUT2D eigenvalue weighted by Crippen LogP contribution is -2.11. The fourth-order valence-corrected chi connectivity index (χ4v) is 1.67. The van der Waals surface area contributed by atoms with Gasteiger partial charge in [-0.15, -0.1) is 0 Å². The average Bonchev–Trinajstić information content (AvgIpc) is 2.32. The minimum Gasteiger partial charge on any atom is -0.329 e. The van der Waals surface area contributed by atoms with Gasteiger partial charge in [-0.3, -0.25) is 4.79 Å². The molecular weight excluding hydrogens is 150 g/mol. The van der Waals surface area contributed by atoms with Crippen LogP contribution in [0.15, 0.2) is 22.6 Å². The molecule has 0 aromatic carbocycles. The number of nitrogens with one attached hydrogen (secondary N) is 1. The summed E-state index contributed by atoms with van der Waals surface area (Å²) in [6.45, 7) is 4.15. The second kappa shape index (κ2) is 2.34. The highest BCUT2D eigenvalue weighted by atomic mass is 16.1. The van der Waals surface area contributed by atoms with Crippen molar-refractivity contribution in [1.29, 1.82) is 0 Å². The third-order valence-corrected chi connectivity index (χ3v) is 2.55. The largest absolute Gasteiger partial charge is 0.329 e. The summed E-state index contributed by atoms with van der Waals surface area (Å²) < 4.78 is 0. The molecule has 1 aliphatic carbocycles. The zero-order valence-electron chi connectivity index (χ0n) is 7.27. The highest BCUT2D eigenvalue weighted by Crippen LogP contribution is 2.28. The van der Waals surface area contributed by atoms with E-state index in [1.807, 2.05) is 6.07 Å². The lowest BCUT2D eigenvalue weighted by molar-refractivity contribution is 1.10. The van der Waals surface area contributed by atoms with E-state index in [0.29, 0.717) is 0 Å². The summed E-state index contributed by atoms with van der Waals surface area (Å²) in [5.41, 5.74) is 4.67. The number of aromatic amines is 1. The van der Waals surface area contributed by atoms with Crippen molar-refractivity contribution in [2.24, 2.45) is 0 Å². The molecule has 0 bridgehead atoms. The number of allylic oxidation sites excluding steroid dienone is 2.